The van der Waals surface area contributed by atoms with Gasteiger partial charge in [0.1, 0.15) is 12.3 Å². The zero-order chi connectivity index (χ0) is 14.7. The Labute approximate surface area is 110 Å². The van der Waals surface area contributed by atoms with Crippen molar-refractivity contribution >= 4 is 5.78 Å². The molecule has 2 aliphatic rings. The molecule has 1 heterocycles. The highest BCUT2D eigenvalue weighted by Gasteiger charge is 2.58. The number of hydrogen-bond acceptors (Lipinski definition) is 2. The number of fused-ring (bicyclic) bond motifs is 1. The van der Waals surface area contributed by atoms with E-state index < -0.39 is 24.8 Å². The molecule has 0 saturated heterocycles. The van der Waals surface area contributed by atoms with Crippen molar-refractivity contribution in [2.24, 2.45) is 11.8 Å². The van der Waals surface area contributed by atoms with Crippen LogP contribution in [-0.4, -0.2) is 22.0 Å². The third-order valence-corrected chi connectivity index (χ3v) is 4.01. The maximum Gasteiger partial charge on any atom is 0.435 e. The summed E-state index contributed by atoms with van der Waals surface area (Å²) >= 11 is 0. The summed E-state index contributed by atoms with van der Waals surface area (Å²) in [4.78, 5) is 11.2. The van der Waals surface area contributed by atoms with Crippen LogP contribution in [0, 0.1) is 11.8 Å². The van der Waals surface area contributed by atoms with Gasteiger partial charge in [0.15, 0.2) is 5.69 Å². The van der Waals surface area contributed by atoms with Crippen LogP contribution in [0.3, 0.4) is 0 Å². The third-order valence-electron chi connectivity index (χ3n) is 4.01. The van der Waals surface area contributed by atoms with E-state index in [0.717, 1.165) is 10.7 Å². The van der Waals surface area contributed by atoms with Crippen molar-refractivity contribution in [1.82, 2.24) is 9.78 Å². The summed E-state index contributed by atoms with van der Waals surface area (Å²) in [5, 5.41) is 3.26. The van der Waals surface area contributed by atoms with Gasteiger partial charge in [-0.05, 0) is 17.9 Å². The maximum atomic E-state index is 12.6. The average Bonchev–Trinajstić information content (AvgIpc) is 2.70. The molecule has 0 N–H and O–H groups in total. The standard InChI is InChI=1S/C12H11F5N2O/c13-10(14)4-19-8(3-9(18-19)12(15,16)17)11-6-1-5(20)2-7(6)11/h3,6-7,10-11H,1-2,4H2/t6-,7+,11?. The number of carbonyl (C=O) groups excluding carboxylic acids is 1. The lowest BCUT2D eigenvalue weighted by Gasteiger charge is -2.07. The predicted octanol–water partition coefficient (Wildman–Crippen LogP) is 2.86. The number of alkyl halides is 5. The van der Waals surface area contributed by atoms with Gasteiger partial charge in [-0.25, -0.2) is 8.78 Å². The Morgan fingerprint density at radius 3 is 2.40 bits per heavy atom. The molecule has 1 aromatic rings. The van der Waals surface area contributed by atoms with Crippen LogP contribution in [0.1, 0.15) is 30.1 Å². The molecule has 110 valence electrons. The molecule has 0 aliphatic heterocycles. The first-order chi connectivity index (χ1) is 9.27. The van der Waals surface area contributed by atoms with Gasteiger partial charge in [-0.15, -0.1) is 0 Å². The minimum absolute atomic E-state index is 0.00305. The van der Waals surface area contributed by atoms with Gasteiger partial charge in [0, 0.05) is 24.5 Å². The van der Waals surface area contributed by atoms with Crippen LogP contribution < -0.4 is 0 Å². The molecule has 0 amide bonds. The Morgan fingerprint density at radius 2 is 1.90 bits per heavy atom. The van der Waals surface area contributed by atoms with Crippen molar-refractivity contribution in [1.29, 1.82) is 0 Å². The Bertz CT molecular complexity index is 537. The number of aromatic nitrogens is 2. The summed E-state index contributed by atoms with van der Waals surface area (Å²) in [5.41, 5.74) is -0.968. The van der Waals surface area contributed by atoms with Crippen LogP contribution in [0.4, 0.5) is 22.0 Å². The van der Waals surface area contributed by atoms with Crippen molar-refractivity contribution in [2.75, 3.05) is 0 Å². The van der Waals surface area contributed by atoms with Gasteiger partial charge in [-0.3, -0.25) is 9.48 Å². The van der Waals surface area contributed by atoms with Gasteiger partial charge in [0.25, 0.3) is 6.43 Å². The van der Waals surface area contributed by atoms with Crippen molar-refractivity contribution < 1.29 is 26.7 Å². The molecule has 2 saturated carbocycles. The van der Waals surface area contributed by atoms with Gasteiger partial charge in [0.2, 0.25) is 0 Å². The van der Waals surface area contributed by atoms with Gasteiger partial charge in [-0.1, -0.05) is 0 Å². The molecule has 20 heavy (non-hydrogen) atoms. The summed E-state index contributed by atoms with van der Waals surface area (Å²) in [6.45, 7) is -0.852. The van der Waals surface area contributed by atoms with E-state index >= 15 is 0 Å². The topological polar surface area (TPSA) is 34.9 Å². The van der Waals surface area contributed by atoms with Gasteiger partial charge in [0.05, 0.1) is 0 Å². The van der Waals surface area contributed by atoms with E-state index in [4.69, 9.17) is 0 Å². The molecule has 3 atom stereocenters. The lowest BCUT2D eigenvalue weighted by Crippen LogP contribution is -2.13. The molecule has 2 aliphatic carbocycles. The first-order valence-corrected chi connectivity index (χ1v) is 6.22. The molecule has 0 bridgehead atoms. The second-order valence-electron chi connectivity index (χ2n) is 5.33. The zero-order valence-corrected chi connectivity index (χ0v) is 10.2. The minimum atomic E-state index is -4.65. The molecule has 8 heteroatoms. The Hall–Kier alpha value is -1.47. The Morgan fingerprint density at radius 1 is 1.30 bits per heavy atom. The zero-order valence-electron chi connectivity index (χ0n) is 10.2. The van der Waals surface area contributed by atoms with Gasteiger partial charge < -0.3 is 0 Å². The van der Waals surface area contributed by atoms with Crippen LogP contribution in [0.5, 0.6) is 0 Å². The van der Waals surface area contributed by atoms with E-state index in [1.165, 1.54) is 0 Å². The largest absolute Gasteiger partial charge is 0.435 e. The highest BCUT2D eigenvalue weighted by Crippen LogP contribution is 2.62. The second-order valence-corrected chi connectivity index (χ2v) is 5.33. The first-order valence-electron chi connectivity index (χ1n) is 6.22. The van der Waals surface area contributed by atoms with E-state index in [1.54, 1.807) is 0 Å². The summed E-state index contributed by atoms with van der Waals surface area (Å²) in [5.74, 6) is -0.157. The minimum Gasteiger partial charge on any atom is -0.300 e. The highest BCUT2D eigenvalue weighted by molar-refractivity contribution is 5.83. The summed E-state index contributed by atoms with van der Waals surface area (Å²) in [7, 11) is 0. The molecule has 2 fully saturated rings. The lowest BCUT2D eigenvalue weighted by atomic mass is 10.1. The molecule has 1 unspecified atom stereocenters. The van der Waals surface area contributed by atoms with E-state index in [9.17, 15) is 26.7 Å². The molecule has 3 rings (SSSR count). The van der Waals surface area contributed by atoms with Gasteiger partial charge >= 0.3 is 6.18 Å². The summed E-state index contributed by atoms with van der Waals surface area (Å²) < 4.78 is 63.6. The van der Waals surface area contributed by atoms with Crippen molar-refractivity contribution in [2.45, 2.75) is 37.9 Å². The normalized spacial score (nSPS) is 29.1. The van der Waals surface area contributed by atoms with Crippen molar-refractivity contribution in [3.63, 3.8) is 0 Å². The fourth-order valence-electron chi connectivity index (χ4n) is 3.16. The van der Waals surface area contributed by atoms with E-state index in [2.05, 4.69) is 5.10 Å². The van der Waals surface area contributed by atoms with Crippen LogP contribution in [0.2, 0.25) is 0 Å². The fourth-order valence-corrected chi connectivity index (χ4v) is 3.16. The second kappa shape index (κ2) is 4.26. The average molecular weight is 294 g/mol. The van der Waals surface area contributed by atoms with Crippen LogP contribution in [-0.2, 0) is 17.5 Å². The molecule has 1 aromatic heterocycles. The monoisotopic (exact) mass is 294 g/mol. The molecule has 3 nitrogen and oxygen atoms in total. The Balaban J connectivity index is 1.89. The number of nitrogens with zero attached hydrogens (tertiary/aromatic N) is 2. The molecule has 0 spiro atoms. The summed E-state index contributed by atoms with van der Waals surface area (Å²) in [6.07, 6.45) is -6.76. The number of ketones is 1. The van der Waals surface area contributed by atoms with E-state index in [1.807, 2.05) is 0 Å². The number of Topliss-reactive ketones (excluding diaryl/α,β-unsaturated/α-hetero) is 1. The van der Waals surface area contributed by atoms with Crippen LogP contribution in [0.25, 0.3) is 0 Å². The molecule has 0 radical (unpaired) electrons. The molecular weight excluding hydrogens is 283 g/mol. The van der Waals surface area contributed by atoms with Crippen molar-refractivity contribution in [3.8, 4) is 0 Å². The fraction of sp³-hybridized carbons (Fsp3) is 0.667. The number of halogens is 5. The third kappa shape index (κ3) is 2.20. The van der Waals surface area contributed by atoms with Crippen LogP contribution >= 0.6 is 0 Å². The quantitative estimate of drug-likeness (QED) is 0.803. The molecule has 0 aromatic carbocycles. The van der Waals surface area contributed by atoms with Crippen LogP contribution in [0.15, 0.2) is 6.07 Å². The number of rotatable bonds is 3. The highest BCUT2D eigenvalue weighted by atomic mass is 19.4. The van der Waals surface area contributed by atoms with Gasteiger partial charge in [-0.2, -0.15) is 18.3 Å². The SMILES string of the molecule is O=C1C[C@@H]2C(c3cc(C(F)(F)F)nn3CC(F)F)[C@@H]2C1. The lowest BCUT2D eigenvalue weighted by molar-refractivity contribution is -0.141. The van der Waals surface area contributed by atoms with E-state index in [0.29, 0.717) is 12.8 Å². The smallest absolute Gasteiger partial charge is 0.300 e. The first kappa shape index (κ1) is 13.5. The molecular formula is C12H11F5N2O. The number of carbonyl (C=O) groups is 1. The maximum absolute atomic E-state index is 12.6. The number of hydrogen-bond donors (Lipinski definition) is 0. The van der Waals surface area contributed by atoms with Crippen molar-refractivity contribution in [3.05, 3.63) is 17.5 Å². The summed E-state index contributed by atoms with van der Waals surface area (Å²) in [6, 6.07) is 0.843. The predicted molar refractivity (Wildman–Crippen MR) is 57.2 cm³/mol. The van der Waals surface area contributed by atoms with E-state index in [-0.39, 0.29) is 29.2 Å². The Kier molecular flexibility index (Phi) is 2.88.